The number of thioether (sulfide) groups is 1. The molecule has 4 rings (SSSR count). The fourth-order valence-electron chi connectivity index (χ4n) is 3.30. The normalized spacial score (nSPS) is 10.8. The number of hydrogen-bond acceptors (Lipinski definition) is 6. The maximum atomic E-state index is 12.6. The highest BCUT2D eigenvalue weighted by Crippen LogP contribution is 2.27. The molecule has 0 aliphatic heterocycles. The predicted octanol–water partition coefficient (Wildman–Crippen LogP) is 5.36. The molecule has 0 unspecified atom stereocenters. The van der Waals surface area contributed by atoms with Crippen LogP contribution in [-0.2, 0) is 12.3 Å². The van der Waals surface area contributed by atoms with Crippen molar-refractivity contribution >= 4 is 35.0 Å². The first-order valence-corrected chi connectivity index (χ1v) is 11.7. The molecule has 1 aromatic heterocycles. The summed E-state index contributed by atoms with van der Waals surface area (Å²) in [7, 11) is 0. The smallest absolute Gasteiger partial charge is 0.269 e. The Morgan fingerprint density at radius 2 is 1.85 bits per heavy atom. The van der Waals surface area contributed by atoms with Crippen molar-refractivity contribution in [3.63, 3.8) is 0 Å². The predicted molar refractivity (Wildman–Crippen MR) is 131 cm³/mol. The van der Waals surface area contributed by atoms with Crippen LogP contribution in [0.2, 0.25) is 5.02 Å². The SMILES string of the molecule is Cc1ccccc1CSc1nnc(CNC(=O)c2cccc(Cl)c2)n1-c1ccc([N+](=O)[O-])cc1. The molecule has 1 heterocycles. The van der Waals surface area contributed by atoms with Gasteiger partial charge in [-0.1, -0.05) is 53.7 Å². The summed E-state index contributed by atoms with van der Waals surface area (Å²) in [6.45, 7) is 2.16. The van der Waals surface area contributed by atoms with Gasteiger partial charge in [-0.15, -0.1) is 10.2 Å². The molecule has 0 radical (unpaired) electrons. The highest BCUT2D eigenvalue weighted by Gasteiger charge is 2.17. The van der Waals surface area contributed by atoms with Gasteiger partial charge in [0.1, 0.15) is 0 Å². The third-order valence-electron chi connectivity index (χ3n) is 5.13. The summed E-state index contributed by atoms with van der Waals surface area (Å²) >= 11 is 7.49. The number of nitrogens with one attached hydrogen (secondary N) is 1. The molecule has 8 nitrogen and oxygen atoms in total. The van der Waals surface area contributed by atoms with Gasteiger partial charge in [-0.2, -0.15) is 0 Å². The lowest BCUT2D eigenvalue weighted by Gasteiger charge is -2.11. The van der Waals surface area contributed by atoms with E-state index in [9.17, 15) is 14.9 Å². The third-order valence-corrected chi connectivity index (χ3v) is 6.34. The second-order valence-electron chi connectivity index (χ2n) is 7.42. The van der Waals surface area contributed by atoms with Crippen LogP contribution in [0.15, 0.2) is 78.0 Å². The highest BCUT2D eigenvalue weighted by molar-refractivity contribution is 7.98. The molecule has 0 spiro atoms. The number of aryl methyl sites for hydroxylation is 1. The van der Waals surface area contributed by atoms with E-state index in [-0.39, 0.29) is 18.1 Å². The fraction of sp³-hybridized carbons (Fsp3) is 0.125. The van der Waals surface area contributed by atoms with E-state index in [0.717, 1.165) is 0 Å². The standard InChI is InChI=1S/C24H20ClN5O3S/c1-16-5-2-3-6-18(16)15-34-24-28-27-22(14-26-23(31)17-7-4-8-19(25)13-17)29(24)20-9-11-21(12-10-20)30(32)33/h2-13H,14-15H2,1H3,(H,26,31). The van der Waals surface area contributed by atoms with Crippen LogP contribution < -0.4 is 5.32 Å². The Balaban J connectivity index is 1.60. The first-order valence-electron chi connectivity index (χ1n) is 10.3. The summed E-state index contributed by atoms with van der Waals surface area (Å²) in [5.74, 6) is 0.874. The maximum absolute atomic E-state index is 12.6. The van der Waals surface area contributed by atoms with E-state index in [1.165, 1.54) is 35.0 Å². The van der Waals surface area contributed by atoms with E-state index in [1.54, 1.807) is 41.0 Å². The summed E-state index contributed by atoms with van der Waals surface area (Å²) in [4.78, 5) is 23.2. The van der Waals surface area contributed by atoms with Crippen LogP contribution >= 0.6 is 23.4 Å². The van der Waals surface area contributed by atoms with Crippen LogP contribution in [0.1, 0.15) is 27.3 Å². The second kappa shape index (κ2) is 10.5. The van der Waals surface area contributed by atoms with Crippen molar-refractivity contribution in [3.05, 3.63) is 110 Å². The van der Waals surface area contributed by atoms with Gasteiger partial charge in [0.25, 0.3) is 11.6 Å². The van der Waals surface area contributed by atoms with Gasteiger partial charge in [0, 0.05) is 34.2 Å². The van der Waals surface area contributed by atoms with Crippen molar-refractivity contribution < 1.29 is 9.72 Å². The molecular weight excluding hydrogens is 474 g/mol. The number of halogens is 1. The molecule has 0 bridgehead atoms. The average molecular weight is 494 g/mol. The Morgan fingerprint density at radius 1 is 1.09 bits per heavy atom. The van der Waals surface area contributed by atoms with Gasteiger partial charge in [-0.3, -0.25) is 19.5 Å². The molecule has 0 atom stereocenters. The first kappa shape index (κ1) is 23.5. The van der Waals surface area contributed by atoms with Gasteiger partial charge in [0.2, 0.25) is 0 Å². The number of nitro groups is 1. The Bertz CT molecular complexity index is 1340. The number of benzene rings is 3. The Morgan fingerprint density at radius 3 is 2.56 bits per heavy atom. The number of carbonyl (C=O) groups excluding carboxylic acids is 1. The lowest BCUT2D eigenvalue weighted by atomic mass is 10.1. The number of rotatable bonds is 8. The molecule has 34 heavy (non-hydrogen) atoms. The number of aromatic nitrogens is 3. The zero-order valence-electron chi connectivity index (χ0n) is 18.1. The largest absolute Gasteiger partial charge is 0.345 e. The average Bonchev–Trinajstić information content (AvgIpc) is 3.24. The minimum atomic E-state index is -0.449. The summed E-state index contributed by atoms with van der Waals surface area (Å²) in [5, 5.41) is 23.6. The molecule has 1 amide bonds. The molecule has 10 heteroatoms. The van der Waals surface area contributed by atoms with Crippen molar-refractivity contribution in [3.8, 4) is 5.69 Å². The van der Waals surface area contributed by atoms with Crippen LogP contribution in [0.25, 0.3) is 5.69 Å². The molecule has 0 fully saturated rings. The second-order valence-corrected chi connectivity index (χ2v) is 8.79. The van der Waals surface area contributed by atoms with E-state index in [1.807, 2.05) is 25.1 Å². The van der Waals surface area contributed by atoms with Crippen molar-refractivity contribution in [1.29, 1.82) is 0 Å². The van der Waals surface area contributed by atoms with Gasteiger partial charge in [0.15, 0.2) is 11.0 Å². The number of carbonyl (C=O) groups is 1. The van der Waals surface area contributed by atoms with E-state index < -0.39 is 4.92 Å². The molecule has 3 aromatic carbocycles. The summed E-state index contributed by atoms with van der Waals surface area (Å²) in [5.41, 5.74) is 3.42. The zero-order valence-corrected chi connectivity index (χ0v) is 19.7. The van der Waals surface area contributed by atoms with Gasteiger partial charge in [-0.05, 0) is 48.4 Å². The van der Waals surface area contributed by atoms with Gasteiger partial charge >= 0.3 is 0 Å². The zero-order chi connectivity index (χ0) is 24.1. The first-order chi connectivity index (χ1) is 16.4. The Labute approximate surface area is 205 Å². The quantitative estimate of drug-likeness (QED) is 0.201. The van der Waals surface area contributed by atoms with Crippen LogP contribution in [0.5, 0.6) is 0 Å². The topological polar surface area (TPSA) is 103 Å². The van der Waals surface area contributed by atoms with E-state index in [0.29, 0.717) is 33.0 Å². The number of non-ortho nitro benzene ring substituents is 1. The maximum Gasteiger partial charge on any atom is 0.269 e. The lowest BCUT2D eigenvalue weighted by molar-refractivity contribution is -0.384. The molecule has 1 N–H and O–H groups in total. The van der Waals surface area contributed by atoms with Crippen LogP contribution in [0.4, 0.5) is 5.69 Å². The fourth-order valence-corrected chi connectivity index (χ4v) is 4.53. The summed E-state index contributed by atoms with van der Waals surface area (Å²) in [6.07, 6.45) is 0. The minimum absolute atomic E-state index is 0.0123. The van der Waals surface area contributed by atoms with Gasteiger partial charge in [0.05, 0.1) is 11.5 Å². The van der Waals surface area contributed by atoms with E-state index >= 15 is 0 Å². The molecule has 172 valence electrons. The van der Waals surface area contributed by atoms with Crippen molar-refractivity contribution in [2.24, 2.45) is 0 Å². The highest BCUT2D eigenvalue weighted by atomic mass is 35.5. The van der Waals surface area contributed by atoms with Crippen molar-refractivity contribution in [2.45, 2.75) is 24.4 Å². The number of nitro benzene ring substituents is 1. The molecule has 0 aliphatic carbocycles. The van der Waals surface area contributed by atoms with Crippen molar-refractivity contribution in [1.82, 2.24) is 20.1 Å². The molecule has 0 aliphatic rings. The Kier molecular flexibility index (Phi) is 7.24. The lowest BCUT2D eigenvalue weighted by Crippen LogP contribution is -2.24. The van der Waals surface area contributed by atoms with Crippen LogP contribution in [0, 0.1) is 17.0 Å². The molecular formula is C24H20ClN5O3S. The molecule has 0 saturated heterocycles. The van der Waals surface area contributed by atoms with E-state index in [2.05, 4.69) is 21.6 Å². The Hall–Kier alpha value is -3.69. The van der Waals surface area contributed by atoms with Crippen LogP contribution in [-0.4, -0.2) is 25.6 Å². The summed E-state index contributed by atoms with van der Waals surface area (Å²) in [6, 6.07) is 20.9. The van der Waals surface area contributed by atoms with Crippen LogP contribution in [0.3, 0.4) is 0 Å². The molecule has 0 saturated carbocycles. The number of hydrogen-bond donors (Lipinski definition) is 1. The number of amides is 1. The monoisotopic (exact) mass is 493 g/mol. The number of nitrogens with zero attached hydrogens (tertiary/aromatic N) is 4. The third kappa shape index (κ3) is 5.44. The van der Waals surface area contributed by atoms with Gasteiger partial charge < -0.3 is 5.32 Å². The minimum Gasteiger partial charge on any atom is -0.345 e. The van der Waals surface area contributed by atoms with Gasteiger partial charge in [-0.25, -0.2) is 0 Å². The van der Waals surface area contributed by atoms with Crippen molar-refractivity contribution in [2.75, 3.05) is 0 Å². The summed E-state index contributed by atoms with van der Waals surface area (Å²) < 4.78 is 1.80. The van der Waals surface area contributed by atoms with E-state index in [4.69, 9.17) is 11.6 Å². The molecule has 4 aromatic rings.